The molecule has 2 aromatic rings. The van der Waals surface area contributed by atoms with Crippen molar-refractivity contribution in [2.45, 2.75) is 45.8 Å². The summed E-state index contributed by atoms with van der Waals surface area (Å²) in [6.45, 7) is 7.06. The van der Waals surface area contributed by atoms with Crippen molar-refractivity contribution >= 4 is 12.0 Å². The molecule has 30 heavy (non-hydrogen) atoms. The second kappa shape index (κ2) is 8.37. The van der Waals surface area contributed by atoms with Crippen LogP contribution >= 0.6 is 0 Å². The Hall–Kier alpha value is -3.04. The van der Waals surface area contributed by atoms with Gasteiger partial charge in [0.15, 0.2) is 5.69 Å². The fraction of sp³-hybridized carbons (Fsp3) is 0.450. The third-order valence-corrected chi connectivity index (χ3v) is 4.21. The molecule has 164 valence electrons. The van der Waals surface area contributed by atoms with Gasteiger partial charge in [-0.2, -0.15) is 18.3 Å². The van der Waals surface area contributed by atoms with Crippen molar-refractivity contribution in [1.29, 1.82) is 0 Å². The van der Waals surface area contributed by atoms with Crippen LogP contribution in [0.4, 0.5) is 18.0 Å². The number of benzene rings is 1. The van der Waals surface area contributed by atoms with Gasteiger partial charge in [0.25, 0.3) is 5.91 Å². The Morgan fingerprint density at radius 1 is 1.10 bits per heavy atom. The smallest absolute Gasteiger partial charge is 0.435 e. The summed E-state index contributed by atoms with van der Waals surface area (Å²) in [5.41, 5.74) is -3.03. The molecule has 1 aromatic heterocycles. The standard InChI is InChI=1S/C20H25F3N4O3/c1-18(2,3)11-19(4,12-24-17(29)30)25-16(28)14-10-27(13-8-6-5-7-9-13)26-15(14)20(21,22)23/h5-10,24H,11-12H2,1-4H3,(H,25,28)(H,29,30). The van der Waals surface area contributed by atoms with Crippen LogP contribution in [0, 0.1) is 5.41 Å². The molecule has 10 heteroatoms. The van der Waals surface area contributed by atoms with Crippen LogP contribution in [-0.2, 0) is 6.18 Å². The van der Waals surface area contributed by atoms with Gasteiger partial charge in [0.1, 0.15) is 0 Å². The lowest BCUT2D eigenvalue weighted by Gasteiger charge is -2.36. The van der Waals surface area contributed by atoms with Crippen LogP contribution in [0.15, 0.2) is 36.5 Å². The number of carboxylic acid groups (broad SMARTS) is 1. The Morgan fingerprint density at radius 2 is 1.70 bits per heavy atom. The van der Waals surface area contributed by atoms with Gasteiger partial charge in [0, 0.05) is 12.7 Å². The lowest BCUT2D eigenvalue weighted by molar-refractivity contribution is -0.141. The maximum absolute atomic E-state index is 13.5. The van der Waals surface area contributed by atoms with Crippen molar-refractivity contribution < 1.29 is 27.9 Å². The second-order valence-corrected chi connectivity index (χ2v) is 8.58. The first-order valence-electron chi connectivity index (χ1n) is 9.22. The molecule has 0 saturated carbocycles. The molecule has 2 rings (SSSR count). The van der Waals surface area contributed by atoms with Crippen LogP contribution in [0.3, 0.4) is 0 Å². The molecule has 0 spiro atoms. The van der Waals surface area contributed by atoms with Gasteiger partial charge < -0.3 is 15.7 Å². The largest absolute Gasteiger partial charge is 0.465 e. The molecule has 0 aliphatic carbocycles. The molecule has 0 fully saturated rings. The number of alkyl halides is 3. The lowest BCUT2D eigenvalue weighted by atomic mass is 9.80. The highest BCUT2D eigenvalue weighted by atomic mass is 19.4. The predicted molar refractivity (Wildman–Crippen MR) is 105 cm³/mol. The number of nitrogens with zero attached hydrogens (tertiary/aromatic N) is 2. The van der Waals surface area contributed by atoms with E-state index in [9.17, 15) is 22.8 Å². The van der Waals surface area contributed by atoms with E-state index in [4.69, 9.17) is 5.11 Å². The third kappa shape index (κ3) is 6.23. The molecule has 2 amide bonds. The van der Waals surface area contributed by atoms with Gasteiger partial charge in [-0.15, -0.1) is 0 Å². The quantitative estimate of drug-likeness (QED) is 0.648. The zero-order chi connectivity index (χ0) is 22.7. The van der Waals surface area contributed by atoms with E-state index in [2.05, 4.69) is 15.7 Å². The summed E-state index contributed by atoms with van der Waals surface area (Å²) in [6.07, 6.45) is -4.79. The number of hydrogen-bond donors (Lipinski definition) is 3. The summed E-state index contributed by atoms with van der Waals surface area (Å²) in [6, 6.07) is 8.12. The van der Waals surface area contributed by atoms with Crippen LogP contribution < -0.4 is 10.6 Å². The Kier molecular flexibility index (Phi) is 6.48. The number of halogens is 3. The molecule has 1 atom stereocenters. The van der Waals surface area contributed by atoms with Crippen LogP contribution in [0.5, 0.6) is 0 Å². The molecule has 0 bridgehead atoms. The summed E-state index contributed by atoms with van der Waals surface area (Å²) in [5.74, 6) is -0.983. The molecule has 3 N–H and O–H groups in total. The van der Waals surface area contributed by atoms with E-state index in [1.165, 1.54) is 0 Å². The van der Waals surface area contributed by atoms with Crippen LogP contribution in [-0.4, -0.2) is 39.0 Å². The normalized spacial score (nSPS) is 14.1. The van der Waals surface area contributed by atoms with Crippen molar-refractivity contribution in [3.8, 4) is 5.69 Å². The summed E-state index contributed by atoms with van der Waals surface area (Å²) < 4.78 is 41.6. The average Bonchev–Trinajstić information content (AvgIpc) is 3.05. The van der Waals surface area contributed by atoms with Crippen molar-refractivity contribution in [2.24, 2.45) is 5.41 Å². The van der Waals surface area contributed by atoms with Crippen LogP contribution in [0.2, 0.25) is 0 Å². The molecule has 1 unspecified atom stereocenters. The first-order valence-corrected chi connectivity index (χ1v) is 9.22. The summed E-state index contributed by atoms with van der Waals surface area (Å²) in [5, 5.41) is 17.3. The van der Waals surface area contributed by atoms with E-state index in [-0.39, 0.29) is 12.0 Å². The van der Waals surface area contributed by atoms with Crippen molar-refractivity contribution in [3.63, 3.8) is 0 Å². The van der Waals surface area contributed by atoms with Gasteiger partial charge in [-0.05, 0) is 30.9 Å². The Balaban J connectivity index is 2.41. The van der Waals surface area contributed by atoms with Crippen LogP contribution in [0.1, 0.15) is 50.2 Å². The molecule has 1 heterocycles. The third-order valence-electron chi connectivity index (χ3n) is 4.21. The number of carbonyl (C=O) groups is 2. The number of nitrogens with one attached hydrogen (secondary N) is 2. The minimum absolute atomic E-state index is 0.167. The topological polar surface area (TPSA) is 96.3 Å². The molecule has 0 saturated heterocycles. The van der Waals surface area contributed by atoms with Gasteiger partial charge in [0.2, 0.25) is 0 Å². The van der Waals surface area contributed by atoms with E-state index in [0.29, 0.717) is 12.1 Å². The predicted octanol–water partition coefficient (Wildman–Crippen LogP) is 4.08. The number of rotatable bonds is 6. The Labute approximate surface area is 172 Å². The zero-order valence-corrected chi connectivity index (χ0v) is 17.2. The van der Waals surface area contributed by atoms with E-state index < -0.39 is 35.0 Å². The van der Waals surface area contributed by atoms with Gasteiger partial charge in [-0.3, -0.25) is 4.79 Å². The van der Waals surface area contributed by atoms with E-state index in [0.717, 1.165) is 10.9 Å². The van der Waals surface area contributed by atoms with E-state index in [1.54, 1.807) is 37.3 Å². The number of hydrogen-bond acceptors (Lipinski definition) is 3. The SMILES string of the molecule is CC(C)(C)CC(C)(CNC(=O)O)NC(=O)c1cn(-c2ccccc2)nc1C(F)(F)F. The van der Waals surface area contributed by atoms with Crippen molar-refractivity contribution in [2.75, 3.05) is 6.54 Å². The molecular formula is C20H25F3N4O3. The number of amides is 2. The minimum atomic E-state index is -4.84. The molecule has 7 nitrogen and oxygen atoms in total. The van der Waals surface area contributed by atoms with Gasteiger partial charge in [0.05, 0.1) is 16.8 Å². The van der Waals surface area contributed by atoms with Gasteiger partial charge in [-0.1, -0.05) is 39.0 Å². The molecule has 0 aliphatic rings. The fourth-order valence-electron chi connectivity index (χ4n) is 3.40. The van der Waals surface area contributed by atoms with E-state index in [1.807, 2.05) is 20.8 Å². The highest BCUT2D eigenvalue weighted by Gasteiger charge is 2.41. The second-order valence-electron chi connectivity index (χ2n) is 8.58. The summed E-state index contributed by atoms with van der Waals surface area (Å²) >= 11 is 0. The minimum Gasteiger partial charge on any atom is -0.465 e. The maximum Gasteiger partial charge on any atom is 0.435 e. The van der Waals surface area contributed by atoms with E-state index >= 15 is 0 Å². The monoisotopic (exact) mass is 426 g/mol. The Bertz CT molecular complexity index is 904. The average molecular weight is 426 g/mol. The highest BCUT2D eigenvalue weighted by molar-refractivity contribution is 5.96. The lowest BCUT2D eigenvalue weighted by Crippen LogP contribution is -2.55. The number of para-hydroxylation sites is 1. The van der Waals surface area contributed by atoms with Crippen molar-refractivity contribution in [1.82, 2.24) is 20.4 Å². The summed E-state index contributed by atoms with van der Waals surface area (Å²) in [7, 11) is 0. The highest BCUT2D eigenvalue weighted by Crippen LogP contribution is 2.32. The molecular weight excluding hydrogens is 401 g/mol. The molecule has 1 aromatic carbocycles. The number of aromatic nitrogens is 2. The first-order chi connectivity index (χ1) is 13.7. The molecule has 0 aliphatic heterocycles. The zero-order valence-electron chi connectivity index (χ0n) is 17.2. The van der Waals surface area contributed by atoms with Crippen molar-refractivity contribution in [3.05, 3.63) is 47.8 Å². The fourth-order valence-corrected chi connectivity index (χ4v) is 3.40. The van der Waals surface area contributed by atoms with Gasteiger partial charge >= 0.3 is 12.3 Å². The Morgan fingerprint density at radius 3 is 2.20 bits per heavy atom. The summed E-state index contributed by atoms with van der Waals surface area (Å²) in [4.78, 5) is 23.8. The van der Waals surface area contributed by atoms with Crippen LogP contribution in [0.25, 0.3) is 5.69 Å². The maximum atomic E-state index is 13.5. The first kappa shape index (κ1) is 23.2. The van der Waals surface area contributed by atoms with Gasteiger partial charge in [-0.25, -0.2) is 9.48 Å². The molecule has 0 radical (unpaired) electrons. The number of carbonyl (C=O) groups excluding carboxylic acids is 1.